The molecule has 0 radical (unpaired) electrons. The van der Waals surface area contributed by atoms with Crippen molar-refractivity contribution >= 4 is 22.5 Å². The fourth-order valence-electron chi connectivity index (χ4n) is 2.19. The van der Waals surface area contributed by atoms with Crippen LogP contribution in [0.1, 0.15) is 17.2 Å². The van der Waals surface area contributed by atoms with Crippen LogP contribution < -0.4 is 11.3 Å². The first-order valence-corrected chi connectivity index (χ1v) is 6.58. The van der Waals surface area contributed by atoms with Crippen molar-refractivity contribution in [2.75, 3.05) is 0 Å². The minimum atomic E-state index is -0.170. The van der Waals surface area contributed by atoms with E-state index in [-0.39, 0.29) is 6.04 Å². The average molecular weight is 285 g/mol. The van der Waals surface area contributed by atoms with Gasteiger partial charge in [0, 0.05) is 17.8 Å². The summed E-state index contributed by atoms with van der Waals surface area (Å²) in [6, 6.07) is 13.5. The Bertz CT molecular complexity index is 727. The zero-order chi connectivity index (χ0) is 13.9. The van der Waals surface area contributed by atoms with Crippen molar-refractivity contribution < 1.29 is 0 Å². The quantitative estimate of drug-likeness (QED) is 0.441. The van der Waals surface area contributed by atoms with Gasteiger partial charge >= 0.3 is 0 Å². The Morgan fingerprint density at radius 3 is 2.55 bits per heavy atom. The first-order chi connectivity index (χ1) is 9.78. The summed E-state index contributed by atoms with van der Waals surface area (Å²) in [4.78, 5) is 8.54. The van der Waals surface area contributed by atoms with Gasteiger partial charge in [-0.05, 0) is 29.3 Å². The highest BCUT2D eigenvalue weighted by Crippen LogP contribution is 2.23. The first-order valence-electron chi connectivity index (χ1n) is 6.20. The van der Waals surface area contributed by atoms with Crippen molar-refractivity contribution in [2.24, 2.45) is 5.84 Å². The molecule has 1 aromatic carbocycles. The lowest BCUT2D eigenvalue weighted by Gasteiger charge is -2.16. The third-order valence-electron chi connectivity index (χ3n) is 3.20. The van der Waals surface area contributed by atoms with Gasteiger partial charge in [-0.2, -0.15) is 0 Å². The second-order valence-corrected chi connectivity index (χ2v) is 4.86. The largest absolute Gasteiger partial charge is 0.271 e. The summed E-state index contributed by atoms with van der Waals surface area (Å²) in [6.07, 6.45) is 3.53. The van der Waals surface area contributed by atoms with Crippen LogP contribution in [0.25, 0.3) is 10.9 Å². The minimum absolute atomic E-state index is 0.170. The number of nitrogens with zero attached hydrogens (tertiary/aromatic N) is 2. The Labute approximate surface area is 121 Å². The van der Waals surface area contributed by atoms with E-state index in [2.05, 4.69) is 21.5 Å². The standard InChI is InChI=1S/C15H13ClN4/c16-14-6-5-11(8-19-14)15(20-17)12-7-10-3-1-2-4-13(10)18-9-12/h1-9,15,20H,17H2. The molecule has 1 unspecified atom stereocenters. The maximum Gasteiger partial charge on any atom is 0.129 e. The van der Waals surface area contributed by atoms with Gasteiger partial charge in [0.15, 0.2) is 0 Å². The molecule has 4 nitrogen and oxygen atoms in total. The summed E-state index contributed by atoms with van der Waals surface area (Å²) >= 11 is 5.81. The minimum Gasteiger partial charge on any atom is -0.271 e. The van der Waals surface area contributed by atoms with Crippen LogP contribution >= 0.6 is 11.6 Å². The number of hydrazine groups is 1. The number of nitrogens with two attached hydrogens (primary N) is 1. The Hall–Kier alpha value is -2.01. The summed E-state index contributed by atoms with van der Waals surface area (Å²) < 4.78 is 0. The molecule has 2 heterocycles. The molecule has 3 N–H and O–H groups in total. The number of halogens is 1. The summed E-state index contributed by atoms with van der Waals surface area (Å²) in [7, 11) is 0. The molecule has 0 aliphatic rings. The molecule has 2 aromatic heterocycles. The number of fused-ring (bicyclic) bond motifs is 1. The van der Waals surface area contributed by atoms with Crippen LogP contribution in [-0.2, 0) is 0 Å². The zero-order valence-electron chi connectivity index (χ0n) is 10.6. The van der Waals surface area contributed by atoms with Gasteiger partial charge in [0.1, 0.15) is 5.15 Å². The Balaban J connectivity index is 2.04. The molecular formula is C15H13ClN4. The number of nitrogens with one attached hydrogen (secondary N) is 1. The predicted molar refractivity (Wildman–Crippen MR) is 80.2 cm³/mol. The molecule has 0 bridgehead atoms. The van der Waals surface area contributed by atoms with E-state index in [0.29, 0.717) is 5.15 Å². The summed E-state index contributed by atoms with van der Waals surface area (Å²) in [5.41, 5.74) is 5.68. The summed E-state index contributed by atoms with van der Waals surface area (Å²) in [5.74, 6) is 5.68. The number of aromatic nitrogens is 2. The number of para-hydroxylation sites is 1. The smallest absolute Gasteiger partial charge is 0.129 e. The van der Waals surface area contributed by atoms with Gasteiger partial charge in [-0.25, -0.2) is 10.4 Å². The van der Waals surface area contributed by atoms with Gasteiger partial charge in [-0.15, -0.1) is 0 Å². The van der Waals surface area contributed by atoms with Crippen molar-refractivity contribution in [3.63, 3.8) is 0 Å². The SMILES string of the molecule is NNC(c1ccc(Cl)nc1)c1cnc2ccccc2c1. The van der Waals surface area contributed by atoms with Gasteiger partial charge in [-0.1, -0.05) is 35.9 Å². The van der Waals surface area contributed by atoms with E-state index in [1.807, 2.05) is 36.5 Å². The number of rotatable bonds is 3. The van der Waals surface area contributed by atoms with Crippen LogP contribution in [0.4, 0.5) is 0 Å². The van der Waals surface area contributed by atoms with Gasteiger partial charge in [-0.3, -0.25) is 10.8 Å². The van der Waals surface area contributed by atoms with E-state index in [1.165, 1.54) is 0 Å². The van der Waals surface area contributed by atoms with Gasteiger partial charge < -0.3 is 0 Å². The molecule has 5 heteroatoms. The van der Waals surface area contributed by atoms with E-state index in [1.54, 1.807) is 12.3 Å². The molecule has 0 aliphatic carbocycles. The van der Waals surface area contributed by atoms with Crippen molar-refractivity contribution in [1.82, 2.24) is 15.4 Å². The third-order valence-corrected chi connectivity index (χ3v) is 3.42. The fourth-order valence-corrected chi connectivity index (χ4v) is 2.30. The first kappa shape index (κ1) is 13.0. The molecule has 1 atom stereocenters. The predicted octanol–water partition coefficient (Wildman–Crippen LogP) is 2.84. The second-order valence-electron chi connectivity index (χ2n) is 4.48. The van der Waals surface area contributed by atoms with E-state index in [0.717, 1.165) is 22.0 Å². The molecule has 0 fully saturated rings. The molecule has 100 valence electrons. The molecule has 3 rings (SSSR count). The van der Waals surface area contributed by atoms with Gasteiger partial charge in [0.05, 0.1) is 11.6 Å². The lowest BCUT2D eigenvalue weighted by atomic mass is 10.0. The zero-order valence-corrected chi connectivity index (χ0v) is 11.4. The summed E-state index contributed by atoms with van der Waals surface area (Å²) in [5, 5.41) is 1.54. The fraction of sp³-hybridized carbons (Fsp3) is 0.0667. The molecule has 0 saturated carbocycles. The molecule has 0 aliphatic heterocycles. The van der Waals surface area contributed by atoms with E-state index in [4.69, 9.17) is 17.4 Å². The van der Waals surface area contributed by atoms with E-state index >= 15 is 0 Å². The normalized spacial score (nSPS) is 12.5. The molecule has 20 heavy (non-hydrogen) atoms. The van der Waals surface area contributed by atoms with Crippen LogP contribution in [-0.4, -0.2) is 9.97 Å². The van der Waals surface area contributed by atoms with Crippen LogP contribution in [0.5, 0.6) is 0 Å². The van der Waals surface area contributed by atoms with Crippen LogP contribution in [0, 0.1) is 0 Å². The second kappa shape index (κ2) is 5.54. The van der Waals surface area contributed by atoms with Crippen molar-refractivity contribution in [3.8, 4) is 0 Å². The number of hydrogen-bond donors (Lipinski definition) is 2. The highest BCUT2D eigenvalue weighted by atomic mass is 35.5. The van der Waals surface area contributed by atoms with Crippen LogP contribution in [0.2, 0.25) is 5.15 Å². The Kier molecular flexibility index (Phi) is 3.60. The highest BCUT2D eigenvalue weighted by molar-refractivity contribution is 6.29. The molecule has 0 amide bonds. The van der Waals surface area contributed by atoms with Gasteiger partial charge in [0.25, 0.3) is 0 Å². The van der Waals surface area contributed by atoms with Gasteiger partial charge in [0.2, 0.25) is 0 Å². The molecular weight excluding hydrogens is 272 g/mol. The number of pyridine rings is 2. The summed E-state index contributed by atoms with van der Waals surface area (Å²) in [6.45, 7) is 0. The lowest BCUT2D eigenvalue weighted by Crippen LogP contribution is -2.29. The Morgan fingerprint density at radius 2 is 1.80 bits per heavy atom. The number of hydrogen-bond acceptors (Lipinski definition) is 4. The number of benzene rings is 1. The monoisotopic (exact) mass is 284 g/mol. The topological polar surface area (TPSA) is 63.8 Å². The van der Waals surface area contributed by atoms with E-state index < -0.39 is 0 Å². The molecule has 0 saturated heterocycles. The van der Waals surface area contributed by atoms with Crippen molar-refractivity contribution in [2.45, 2.75) is 6.04 Å². The third kappa shape index (κ3) is 2.49. The van der Waals surface area contributed by atoms with Crippen molar-refractivity contribution in [3.05, 3.63) is 71.1 Å². The lowest BCUT2D eigenvalue weighted by molar-refractivity contribution is 0.633. The Morgan fingerprint density at radius 1 is 1.00 bits per heavy atom. The molecule has 3 aromatic rings. The maximum absolute atomic E-state index is 5.81. The average Bonchev–Trinajstić information content (AvgIpc) is 2.50. The van der Waals surface area contributed by atoms with Crippen LogP contribution in [0.15, 0.2) is 54.9 Å². The van der Waals surface area contributed by atoms with Crippen molar-refractivity contribution in [1.29, 1.82) is 0 Å². The highest BCUT2D eigenvalue weighted by Gasteiger charge is 2.13. The maximum atomic E-state index is 5.81. The van der Waals surface area contributed by atoms with E-state index in [9.17, 15) is 0 Å². The molecule has 0 spiro atoms. The van der Waals surface area contributed by atoms with Crippen LogP contribution in [0.3, 0.4) is 0 Å².